The van der Waals surface area contributed by atoms with Crippen molar-refractivity contribution in [2.24, 2.45) is 0 Å². The summed E-state index contributed by atoms with van der Waals surface area (Å²) in [5.74, 6) is 2.49. The molecular weight excluding hydrogens is 398 g/mol. The first kappa shape index (κ1) is 19.4. The monoisotopic (exact) mass is 421 g/mol. The number of amides is 1. The normalized spacial score (nSPS) is 15.5. The molecule has 160 valence electrons. The van der Waals surface area contributed by atoms with Crippen molar-refractivity contribution in [3.05, 3.63) is 48.5 Å². The van der Waals surface area contributed by atoms with Gasteiger partial charge in [0.2, 0.25) is 0 Å². The van der Waals surface area contributed by atoms with E-state index in [9.17, 15) is 4.79 Å². The number of benzene rings is 2. The highest BCUT2D eigenvalue weighted by molar-refractivity contribution is 5.93. The summed E-state index contributed by atoms with van der Waals surface area (Å²) in [5, 5.41) is 3.79. The van der Waals surface area contributed by atoms with Crippen LogP contribution in [0.4, 0.5) is 11.5 Å². The predicted molar refractivity (Wildman–Crippen MR) is 116 cm³/mol. The van der Waals surface area contributed by atoms with Gasteiger partial charge in [-0.15, -0.1) is 0 Å². The first-order valence-electron chi connectivity index (χ1n) is 10.3. The highest BCUT2D eigenvalue weighted by atomic mass is 16.6. The second-order valence-corrected chi connectivity index (χ2v) is 7.29. The lowest BCUT2D eigenvalue weighted by atomic mass is 10.2. The molecule has 3 heterocycles. The number of para-hydroxylation sites is 1. The zero-order valence-electron chi connectivity index (χ0n) is 17.0. The number of hydrogen-bond acceptors (Lipinski definition) is 7. The number of fused-ring (bicyclic) bond motifs is 2. The molecule has 8 heteroatoms. The molecular formula is C23H23N3O5. The maximum absolute atomic E-state index is 12.5. The van der Waals surface area contributed by atoms with Gasteiger partial charge in [0.1, 0.15) is 30.3 Å². The van der Waals surface area contributed by atoms with E-state index < -0.39 is 0 Å². The molecule has 3 aromatic rings. The van der Waals surface area contributed by atoms with Crippen LogP contribution in [-0.4, -0.2) is 57.0 Å². The molecule has 31 heavy (non-hydrogen) atoms. The number of anilines is 2. The molecule has 0 radical (unpaired) electrons. The number of carbonyl (C=O) groups is 1. The molecule has 1 saturated heterocycles. The predicted octanol–water partition coefficient (Wildman–Crippen LogP) is 2.86. The van der Waals surface area contributed by atoms with Gasteiger partial charge in [-0.05, 0) is 30.3 Å². The second-order valence-electron chi connectivity index (χ2n) is 7.29. The third-order valence-corrected chi connectivity index (χ3v) is 5.19. The highest BCUT2D eigenvalue weighted by Gasteiger charge is 2.15. The maximum atomic E-state index is 12.5. The van der Waals surface area contributed by atoms with Gasteiger partial charge in [-0.2, -0.15) is 0 Å². The van der Waals surface area contributed by atoms with E-state index in [1.54, 1.807) is 18.2 Å². The van der Waals surface area contributed by atoms with Gasteiger partial charge >= 0.3 is 0 Å². The lowest BCUT2D eigenvalue weighted by molar-refractivity contribution is -0.118. The number of pyridine rings is 1. The van der Waals surface area contributed by atoms with E-state index in [-0.39, 0.29) is 12.5 Å². The summed E-state index contributed by atoms with van der Waals surface area (Å²) in [4.78, 5) is 19.4. The number of ether oxygens (including phenoxy) is 4. The van der Waals surface area contributed by atoms with Crippen molar-refractivity contribution in [2.45, 2.75) is 0 Å². The minimum absolute atomic E-state index is 0.128. The molecule has 0 unspecified atom stereocenters. The molecule has 8 nitrogen and oxygen atoms in total. The maximum Gasteiger partial charge on any atom is 0.262 e. The third kappa shape index (κ3) is 4.34. The van der Waals surface area contributed by atoms with E-state index in [1.807, 2.05) is 30.3 Å². The van der Waals surface area contributed by atoms with Crippen molar-refractivity contribution in [1.82, 2.24) is 4.98 Å². The van der Waals surface area contributed by atoms with Crippen molar-refractivity contribution in [3.8, 4) is 17.2 Å². The largest absolute Gasteiger partial charge is 0.486 e. The Kier molecular flexibility index (Phi) is 5.45. The van der Waals surface area contributed by atoms with Gasteiger partial charge in [0.15, 0.2) is 18.1 Å². The van der Waals surface area contributed by atoms with Crippen LogP contribution in [-0.2, 0) is 9.53 Å². The van der Waals surface area contributed by atoms with Gasteiger partial charge in [0.05, 0.1) is 13.2 Å². The Morgan fingerprint density at radius 3 is 2.71 bits per heavy atom. The number of carbonyl (C=O) groups excluding carboxylic acids is 1. The molecule has 2 aliphatic heterocycles. The molecule has 0 bridgehead atoms. The van der Waals surface area contributed by atoms with Crippen LogP contribution in [0.1, 0.15) is 0 Å². The van der Waals surface area contributed by atoms with E-state index >= 15 is 0 Å². The van der Waals surface area contributed by atoms with Gasteiger partial charge in [-0.25, -0.2) is 4.98 Å². The Morgan fingerprint density at radius 1 is 1.00 bits per heavy atom. The fraction of sp³-hybridized carbons (Fsp3) is 0.304. The molecule has 0 atom stereocenters. The third-order valence-electron chi connectivity index (χ3n) is 5.19. The molecule has 0 saturated carbocycles. The molecule has 1 fully saturated rings. The van der Waals surface area contributed by atoms with Crippen molar-refractivity contribution < 1.29 is 23.7 Å². The number of nitrogens with zero attached hydrogens (tertiary/aromatic N) is 2. The van der Waals surface area contributed by atoms with E-state index in [1.165, 1.54) is 0 Å². The standard InChI is InChI=1S/C23H23N3O5/c27-22(24-17-5-6-18-20(14-17)30-13-12-29-18)15-31-19-3-1-2-16-4-7-21(25-23(16)19)26-8-10-28-11-9-26/h1-7,14H,8-13,15H2,(H,24,27). The van der Waals surface area contributed by atoms with Gasteiger partial charge in [-0.1, -0.05) is 12.1 Å². The summed E-state index contributed by atoms with van der Waals surface area (Å²) in [6, 6.07) is 15.0. The molecule has 5 rings (SSSR count). The Morgan fingerprint density at radius 2 is 1.84 bits per heavy atom. The van der Waals surface area contributed by atoms with Crippen molar-refractivity contribution >= 4 is 28.3 Å². The smallest absolute Gasteiger partial charge is 0.262 e. The van der Waals surface area contributed by atoms with Crippen LogP contribution in [0.5, 0.6) is 17.2 Å². The Balaban J connectivity index is 1.28. The molecule has 0 aliphatic carbocycles. The first-order valence-corrected chi connectivity index (χ1v) is 10.3. The average molecular weight is 421 g/mol. The van der Waals surface area contributed by atoms with Crippen molar-refractivity contribution in [3.63, 3.8) is 0 Å². The number of nitrogens with one attached hydrogen (secondary N) is 1. The summed E-state index contributed by atoms with van der Waals surface area (Å²) in [6.07, 6.45) is 0. The Labute approximate surface area is 179 Å². The van der Waals surface area contributed by atoms with Crippen LogP contribution in [0.25, 0.3) is 10.9 Å². The van der Waals surface area contributed by atoms with E-state index in [0.717, 1.165) is 29.8 Å². The van der Waals surface area contributed by atoms with Crippen LogP contribution < -0.4 is 24.4 Å². The van der Waals surface area contributed by atoms with Crippen LogP contribution in [0.3, 0.4) is 0 Å². The molecule has 2 aromatic carbocycles. The second kappa shape index (κ2) is 8.69. The van der Waals surface area contributed by atoms with Gasteiger partial charge < -0.3 is 29.2 Å². The quantitative estimate of drug-likeness (QED) is 0.678. The van der Waals surface area contributed by atoms with Crippen LogP contribution in [0.15, 0.2) is 48.5 Å². The Bertz CT molecular complexity index is 1100. The zero-order chi connectivity index (χ0) is 21.0. The lowest BCUT2D eigenvalue weighted by Crippen LogP contribution is -2.36. The average Bonchev–Trinajstić information content (AvgIpc) is 2.83. The van der Waals surface area contributed by atoms with Gasteiger partial charge in [-0.3, -0.25) is 4.79 Å². The highest BCUT2D eigenvalue weighted by Crippen LogP contribution is 2.32. The fourth-order valence-corrected chi connectivity index (χ4v) is 3.66. The molecule has 1 N–H and O–H groups in total. The van der Waals surface area contributed by atoms with Crippen LogP contribution in [0, 0.1) is 0 Å². The SMILES string of the molecule is O=C(COc1cccc2ccc(N3CCOCC3)nc12)Nc1ccc2c(c1)OCCO2. The first-order chi connectivity index (χ1) is 15.3. The molecule has 2 aliphatic rings. The van der Waals surface area contributed by atoms with Gasteiger partial charge in [0, 0.05) is 30.2 Å². The van der Waals surface area contributed by atoms with Crippen molar-refractivity contribution in [2.75, 3.05) is 56.3 Å². The zero-order valence-corrected chi connectivity index (χ0v) is 17.0. The molecule has 1 aromatic heterocycles. The number of rotatable bonds is 5. The van der Waals surface area contributed by atoms with Crippen LogP contribution >= 0.6 is 0 Å². The summed E-state index contributed by atoms with van der Waals surface area (Å²) < 4.78 is 22.3. The number of morpholine rings is 1. The molecule has 0 spiro atoms. The van der Waals surface area contributed by atoms with Gasteiger partial charge in [0.25, 0.3) is 5.91 Å². The summed E-state index contributed by atoms with van der Waals surface area (Å²) in [7, 11) is 0. The topological polar surface area (TPSA) is 82.2 Å². The Hall–Kier alpha value is -3.52. The number of hydrogen-bond donors (Lipinski definition) is 1. The summed E-state index contributed by atoms with van der Waals surface area (Å²) >= 11 is 0. The minimum Gasteiger partial charge on any atom is -0.486 e. The molecule has 1 amide bonds. The number of aromatic nitrogens is 1. The summed E-state index contributed by atoms with van der Waals surface area (Å²) in [5.41, 5.74) is 1.36. The lowest BCUT2D eigenvalue weighted by Gasteiger charge is -2.28. The van der Waals surface area contributed by atoms with Crippen LogP contribution in [0.2, 0.25) is 0 Å². The van der Waals surface area contributed by atoms with Crippen molar-refractivity contribution in [1.29, 1.82) is 0 Å². The van der Waals surface area contributed by atoms with E-state index in [4.69, 9.17) is 23.9 Å². The summed E-state index contributed by atoms with van der Waals surface area (Å²) in [6.45, 7) is 3.89. The van der Waals surface area contributed by atoms with E-state index in [2.05, 4.69) is 10.2 Å². The minimum atomic E-state index is -0.266. The van der Waals surface area contributed by atoms with E-state index in [0.29, 0.717) is 49.4 Å². The fourth-order valence-electron chi connectivity index (χ4n) is 3.66.